The monoisotopic (exact) mass is 331 g/mol. The molecular formula is C8H9Br2ClFN. The first-order valence-corrected chi connectivity index (χ1v) is 5.00. The quantitative estimate of drug-likeness (QED) is 0.879. The minimum absolute atomic E-state index is 0. The third-order valence-electron chi connectivity index (χ3n) is 1.54. The van der Waals surface area contributed by atoms with Crippen LogP contribution in [0.5, 0.6) is 0 Å². The zero-order valence-corrected chi connectivity index (χ0v) is 10.6. The van der Waals surface area contributed by atoms with E-state index in [1.807, 2.05) is 12.1 Å². The molecule has 74 valence electrons. The summed E-state index contributed by atoms with van der Waals surface area (Å²) in [6, 6.07) is 4.94. The second kappa shape index (κ2) is 5.96. The van der Waals surface area contributed by atoms with Crippen LogP contribution in [0.15, 0.2) is 27.1 Å². The molecule has 0 bridgehead atoms. The summed E-state index contributed by atoms with van der Waals surface area (Å²) >= 11 is 6.64. The third-order valence-corrected chi connectivity index (χ3v) is 3.42. The average molecular weight is 333 g/mol. The molecule has 5 heteroatoms. The van der Waals surface area contributed by atoms with Crippen LogP contribution < -0.4 is 5.73 Å². The molecule has 0 saturated heterocycles. The molecule has 1 nitrogen and oxygen atoms in total. The zero-order valence-electron chi connectivity index (χ0n) is 6.64. The Labute approximate surface area is 99.6 Å². The van der Waals surface area contributed by atoms with E-state index in [9.17, 15) is 4.39 Å². The Balaban J connectivity index is 0.00000144. The highest BCUT2D eigenvalue weighted by molar-refractivity contribution is 9.13. The molecule has 0 aromatic heterocycles. The van der Waals surface area contributed by atoms with Crippen molar-refractivity contribution in [2.24, 2.45) is 5.73 Å². The van der Waals surface area contributed by atoms with Crippen LogP contribution in [-0.4, -0.2) is 6.67 Å². The second-order valence-corrected chi connectivity index (χ2v) is 4.14. The molecular weight excluding hydrogens is 324 g/mol. The number of hydrogen-bond acceptors (Lipinski definition) is 1. The van der Waals surface area contributed by atoms with Crippen LogP contribution >= 0.6 is 44.3 Å². The van der Waals surface area contributed by atoms with E-state index in [4.69, 9.17) is 5.73 Å². The molecule has 0 fully saturated rings. The van der Waals surface area contributed by atoms with Gasteiger partial charge in [-0.2, -0.15) is 0 Å². The van der Waals surface area contributed by atoms with Gasteiger partial charge in [0.25, 0.3) is 0 Å². The molecule has 0 heterocycles. The summed E-state index contributed by atoms with van der Waals surface area (Å²) in [5, 5.41) is 0. The predicted molar refractivity (Wildman–Crippen MR) is 62.0 cm³/mol. The molecule has 0 saturated carbocycles. The van der Waals surface area contributed by atoms with Crippen LogP contribution in [0.3, 0.4) is 0 Å². The Bertz CT molecular complexity index is 283. The summed E-state index contributed by atoms with van der Waals surface area (Å²) in [5.74, 6) is 0. The van der Waals surface area contributed by atoms with E-state index < -0.39 is 12.7 Å². The van der Waals surface area contributed by atoms with E-state index >= 15 is 0 Å². The lowest BCUT2D eigenvalue weighted by atomic mass is 10.1. The van der Waals surface area contributed by atoms with E-state index in [1.54, 1.807) is 6.07 Å². The Hall–Kier alpha value is 0.360. The summed E-state index contributed by atoms with van der Waals surface area (Å²) < 4.78 is 14.0. The molecule has 0 aliphatic rings. The number of benzene rings is 1. The molecule has 1 rings (SSSR count). The summed E-state index contributed by atoms with van der Waals surface area (Å²) in [4.78, 5) is 0. The lowest BCUT2D eigenvalue weighted by Crippen LogP contribution is -2.11. The molecule has 0 aliphatic carbocycles. The fraction of sp³-hybridized carbons (Fsp3) is 0.250. The van der Waals surface area contributed by atoms with Crippen molar-refractivity contribution in [2.75, 3.05) is 6.67 Å². The van der Waals surface area contributed by atoms with Gasteiger partial charge in [-0.05, 0) is 49.6 Å². The summed E-state index contributed by atoms with van der Waals surface area (Å²) in [7, 11) is 0. The Morgan fingerprint density at radius 3 is 2.38 bits per heavy atom. The van der Waals surface area contributed by atoms with E-state index in [2.05, 4.69) is 31.9 Å². The smallest absolute Gasteiger partial charge is 0.109 e. The van der Waals surface area contributed by atoms with Crippen molar-refractivity contribution in [1.29, 1.82) is 0 Å². The van der Waals surface area contributed by atoms with Crippen molar-refractivity contribution in [3.8, 4) is 0 Å². The van der Waals surface area contributed by atoms with Crippen molar-refractivity contribution in [2.45, 2.75) is 6.04 Å². The summed E-state index contributed by atoms with van der Waals surface area (Å²) in [5.41, 5.74) is 6.30. The summed E-state index contributed by atoms with van der Waals surface area (Å²) in [6.07, 6.45) is 0. The van der Waals surface area contributed by atoms with Gasteiger partial charge >= 0.3 is 0 Å². The van der Waals surface area contributed by atoms with Crippen molar-refractivity contribution in [3.63, 3.8) is 0 Å². The van der Waals surface area contributed by atoms with E-state index in [-0.39, 0.29) is 12.4 Å². The maximum Gasteiger partial charge on any atom is 0.109 e. The van der Waals surface area contributed by atoms with Crippen LogP contribution in [0.4, 0.5) is 4.39 Å². The first-order valence-electron chi connectivity index (χ1n) is 3.41. The fourth-order valence-corrected chi connectivity index (χ4v) is 1.48. The average Bonchev–Trinajstić information content (AvgIpc) is 2.08. The molecule has 0 amide bonds. The standard InChI is InChI=1S/C8H8Br2FN.ClH/c9-6-2-1-5(3-7(6)10)8(12)4-11;/h1-3,8H,4,12H2;1H/t8-;/m0./s1. The van der Waals surface area contributed by atoms with Crippen LogP contribution in [-0.2, 0) is 0 Å². The number of nitrogens with two attached hydrogens (primary N) is 1. The number of hydrogen-bond donors (Lipinski definition) is 1. The fourth-order valence-electron chi connectivity index (χ4n) is 0.832. The van der Waals surface area contributed by atoms with Crippen molar-refractivity contribution >= 4 is 44.3 Å². The van der Waals surface area contributed by atoms with Gasteiger partial charge in [0.05, 0.1) is 6.04 Å². The first-order chi connectivity index (χ1) is 5.65. The molecule has 2 N–H and O–H groups in total. The van der Waals surface area contributed by atoms with Crippen molar-refractivity contribution in [1.82, 2.24) is 0 Å². The Kier molecular flexibility index (Phi) is 6.12. The first kappa shape index (κ1) is 13.4. The van der Waals surface area contributed by atoms with Gasteiger partial charge in [0.2, 0.25) is 0 Å². The van der Waals surface area contributed by atoms with Gasteiger partial charge in [0, 0.05) is 8.95 Å². The maximum absolute atomic E-state index is 12.2. The van der Waals surface area contributed by atoms with Crippen LogP contribution in [0.25, 0.3) is 0 Å². The zero-order chi connectivity index (χ0) is 9.14. The molecule has 0 unspecified atom stereocenters. The van der Waals surface area contributed by atoms with Crippen LogP contribution in [0, 0.1) is 0 Å². The minimum atomic E-state index is -0.534. The van der Waals surface area contributed by atoms with Crippen LogP contribution in [0.1, 0.15) is 11.6 Å². The number of alkyl halides is 1. The Morgan fingerprint density at radius 1 is 1.31 bits per heavy atom. The van der Waals surface area contributed by atoms with Crippen molar-refractivity contribution < 1.29 is 4.39 Å². The topological polar surface area (TPSA) is 26.0 Å². The van der Waals surface area contributed by atoms with Crippen LogP contribution in [0.2, 0.25) is 0 Å². The van der Waals surface area contributed by atoms with Gasteiger partial charge in [-0.25, -0.2) is 4.39 Å². The summed E-state index contributed by atoms with van der Waals surface area (Å²) in [6.45, 7) is -0.534. The molecule has 1 atom stereocenters. The lowest BCUT2D eigenvalue weighted by Gasteiger charge is -2.07. The van der Waals surface area contributed by atoms with E-state index in [0.717, 1.165) is 14.5 Å². The third kappa shape index (κ3) is 3.54. The molecule has 1 aromatic rings. The van der Waals surface area contributed by atoms with E-state index in [0.29, 0.717) is 0 Å². The second-order valence-electron chi connectivity index (χ2n) is 2.43. The molecule has 0 spiro atoms. The van der Waals surface area contributed by atoms with Gasteiger partial charge < -0.3 is 5.73 Å². The minimum Gasteiger partial charge on any atom is -0.322 e. The molecule has 1 aromatic carbocycles. The van der Waals surface area contributed by atoms with Crippen molar-refractivity contribution in [3.05, 3.63) is 32.7 Å². The predicted octanol–water partition coefficient (Wildman–Crippen LogP) is 3.60. The van der Waals surface area contributed by atoms with Gasteiger partial charge in [0.1, 0.15) is 6.67 Å². The number of rotatable bonds is 2. The highest BCUT2D eigenvalue weighted by atomic mass is 79.9. The van der Waals surface area contributed by atoms with E-state index in [1.165, 1.54) is 0 Å². The highest BCUT2D eigenvalue weighted by Gasteiger charge is 2.06. The van der Waals surface area contributed by atoms with Gasteiger partial charge in [-0.1, -0.05) is 6.07 Å². The largest absolute Gasteiger partial charge is 0.322 e. The highest BCUT2D eigenvalue weighted by Crippen LogP contribution is 2.25. The maximum atomic E-state index is 12.2. The van der Waals surface area contributed by atoms with Gasteiger partial charge in [-0.3, -0.25) is 0 Å². The van der Waals surface area contributed by atoms with Gasteiger partial charge in [-0.15, -0.1) is 12.4 Å². The lowest BCUT2D eigenvalue weighted by molar-refractivity contribution is 0.437. The molecule has 0 aliphatic heterocycles. The van der Waals surface area contributed by atoms with Gasteiger partial charge in [0.15, 0.2) is 0 Å². The Morgan fingerprint density at radius 2 is 1.92 bits per heavy atom. The number of halogens is 4. The normalized spacial score (nSPS) is 12.0. The molecule has 0 radical (unpaired) electrons. The molecule has 13 heavy (non-hydrogen) atoms. The SMILES string of the molecule is Cl.N[C@@H](CF)c1ccc(Br)c(Br)c1.